The highest BCUT2D eigenvalue weighted by molar-refractivity contribution is 6.39. The van der Waals surface area contributed by atoms with E-state index in [1.807, 2.05) is 0 Å². The Labute approximate surface area is 117 Å². The van der Waals surface area contributed by atoms with Crippen molar-refractivity contribution >= 4 is 40.7 Å². The van der Waals surface area contributed by atoms with Gasteiger partial charge in [0.1, 0.15) is 17.2 Å². The molecule has 0 aliphatic carbocycles. The predicted octanol–water partition coefficient (Wildman–Crippen LogP) is 3.97. The molecule has 0 bridgehead atoms. The van der Waals surface area contributed by atoms with Gasteiger partial charge in [-0.05, 0) is 24.3 Å². The minimum Gasteiger partial charge on any atom is -0.478 e. The summed E-state index contributed by atoms with van der Waals surface area (Å²) in [7, 11) is 0. The maximum Gasteiger partial charge on any atom is 0.339 e. The lowest BCUT2D eigenvalue weighted by molar-refractivity contribution is 0.0697. The fraction of sp³-hybridized carbons (Fsp3) is 0. The molecular weight excluding hydrogens is 294 g/mol. The Bertz CT molecular complexity index is 626. The summed E-state index contributed by atoms with van der Waals surface area (Å²) in [6, 6.07) is 5.00. The Balaban J connectivity index is 2.45. The van der Waals surface area contributed by atoms with Gasteiger partial charge < -0.3 is 10.4 Å². The SMILES string of the molecule is O=C(O)c1cccnc1Nc1c(Cl)cc(F)cc1Cl. The maximum atomic E-state index is 13.0. The molecule has 98 valence electrons. The van der Waals surface area contributed by atoms with E-state index in [9.17, 15) is 9.18 Å². The first-order valence-corrected chi connectivity index (χ1v) is 5.84. The van der Waals surface area contributed by atoms with Crippen molar-refractivity contribution in [3.63, 3.8) is 0 Å². The summed E-state index contributed by atoms with van der Waals surface area (Å²) in [6.07, 6.45) is 1.42. The van der Waals surface area contributed by atoms with Crippen LogP contribution in [0.4, 0.5) is 15.9 Å². The number of hydrogen-bond donors (Lipinski definition) is 2. The molecule has 0 saturated heterocycles. The van der Waals surface area contributed by atoms with E-state index in [1.165, 1.54) is 18.3 Å². The topological polar surface area (TPSA) is 62.2 Å². The largest absolute Gasteiger partial charge is 0.478 e. The van der Waals surface area contributed by atoms with E-state index in [0.717, 1.165) is 12.1 Å². The van der Waals surface area contributed by atoms with Crippen LogP contribution in [-0.2, 0) is 0 Å². The van der Waals surface area contributed by atoms with Crippen LogP contribution >= 0.6 is 23.2 Å². The Hall–Kier alpha value is -1.85. The summed E-state index contributed by atoms with van der Waals surface area (Å²) in [4.78, 5) is 14.9. The second-order valence-corrected chi connectivity index (χ2v) is 4.39. The highest BCUT2D eigenvalue weighted by atomic mass is 35.5. The lowest BCUT2D eigenvalue weighted by Gasteiger charge is -2.11. The molecule has 0 atom stereocenters. The van der Waals surface area contributed by atoms with Crippen LogP contribution in [0.1, 0.15) is 10.4 Å². The predicted molar refractivity (Wildman–Crippen MR) is 70.9 cm³/mol. The first-order valence-electron chi connectivity index (χ1n) is 5.09. The van der Waals surface area contributed by atoms with Crippen molar-refractivity contribution in [3.8, 4) is 0 Å². The van der Waals surface area contributed by atoms with Crippen LogP contribution in [0.15, 0.2) is 30.5 Å². The van der Waals surface area contributed by atoms with Crippen LogP contribution in [0.5, 0.6) is 0 Å². The Morgan fingerprint density at radius 2 is 1.95 bits per heavy atom. The van der Waals surface area contributed by atoms with Crippen molar-refractivity contribution in [1.29, 1.82) is 0 Å². The molecular formula is C12H7Cl2FN2O2. The number of nitrogens with one attached hydrogen (secondary N) is 1. The lowest BCUT2D eigenvalue weighted by Crippen LogP contribution is -2.05. The zero-order valence-corrected chi connectivity index (χ0v) is 10.8. The number of aromatic nitrogens is 1. The van der Waals surface area contributed by atoms with Crippen LogP contribution in [0.3, 0.4) is 0 Å². The van der Waals surface area contributed by atoms with Gasteiger partial charge >= 0.3 is 5.97 Å². The number of hydrogen-bond acceptors (Lipinski definition) is 3. The molecule has 0 fully saturated rings. The number of carbonyl (C=O) groups is 1. The van der Waals surface area contributed by atoms with Crippen molar-refractivity contribution in [2.45, 2.75) is 0 Å². The number of aromatic carboxylic acids is 1. The highest BCUT2D eigenvalue weighted by Gasteiger charge is 2.14. The average molecular weight is 301 g/mol. The summed E-state index contributed by atoms with van der Waals surface area (Å²) < 4.78 is 13.0. The first kappa shape index (κ1) is 13.6. The average Bonchev–Trinajstić information content (AvgIpc) is 2.34. The van der Waals surface area contributed by atoms with Gasteiger partial charge in [0, 0.05) is 6.20 Å². The third kappa shape index (κ3) is 2.94. The zero-order valence-electron chi connectivity index (χ0n) is 9.32. The van der Waals surface area contributed by atoms with Gasteiger partial charge in [0.15, 0.2) is 0 Å². The molecule has 1 aromatic carbocycles. The van der Waals surface area contributed by atoms with Crippen molar-refractivity contribution in [2.24, 2.45) is 0 Å². The molecule has 0 spiro atoms. The molecule has 1 aromatic heterocycles. The number of nitrogens with zero attached hydrogens (tertiary/aromatic N) is 1. The normalized spacial score (nSPS) is 10.3. The minimum absolute atomic E-state index is 0.0343. The lowest BCUT2D eigenvalue weighted by atomic mass is 10.2. The Morgan fingerprint density at radius 1 is 1.32 bits per heavy atom. The summed E-state index contributed by atoms with van der Waals surface area (Å²) in [5, 5.41) is 11.8. The molecule has 0 radical (unpaired) electrons. The molecule has 2 aromatic rings. The number of rotatable bonds is 3. The quantitative estimate of drug-likeness (QED) is 0.900. The summed E-state index contributed by atoms with van der Waals surface area (Å²) >= 11 is 11.7. The molecule has 7 heteroatoms. The van der Waals surface area contributed by atoms with Gasteiger partial charge in [0.2, 0.25) is 0 Å². The van der Waals surface area contributed by atoms with Gasteiger partial charge in [-0.25, -0.2) is 14.2 Å². The number of pyridine rings is 1. The van der Waals surface area contributed by atoms with Gasteiger partial charge in [0.25, 0.3) is 0 Å². The van der Waals surface area contributed by atoms with Gasteiger partial charge in [-0.3, -0.25) is 0 Å². The van der Waals surface area contributed by atoms with E-state index in [4.69, 9.17) is 28.3 Å². The van der Waals surface area contributed by atoms with Crippen LogP contribution < -0.4 is 5.32 Å². The van der Waals surface area contributed by atoms with Gasteiger partial charge in [-0.2, -0.15) is 0 Å². The molecule has 2 rings (SSSR count). The van der Waals surface area contributed by atoms with E-state index >= 15 is 0 Å². The molecule has 0 saturated carbocycles. The van der Waals surface area contributed by atoms with Crippen molar-refractivity contribution < 1.29 is 14.3 Å². The van der Waals surface area contributed by atoms with Crippen LogP contribution in [0.2, 0.25) is 10.0 Å². The molecule has 1 heterocycles. The molecule has 0 amide bonds. The summed E-state index contributed by atoms with van der Waals surface area (Å²) in [6.45, 7) is 0. The minimum atomic E-state index is -1.15. The number of carboxylic acids is 1. The molecule has 0 unspecified atom stereocenters. The molecule has 4 nitrogen and oxygen atoms in total. The van der Waals surface area contributed by atoms with E-state index < -0.39 is 11.8 Å². The summed E-state index contributed by atoms with van der Waals surface area (Å²) in [5.41, 5.74) is 0.157. The van der Waals surface area contributed by atoms with Gasteiger partial charge in [0.05, 0.1) is 15.7 Å². The van der Waals surface area contributed by atoms with Gasteiger partial charge in [-0.15, -0.1) is 0 Å². The van der Waals surface area contributed by atoms with Crippen LogP contribution in [-0.4, -0.2) is 16.1 Å². The maximum absolute atomic E-state index is 13.0. The zero-order chi connectivity index (χ0) is 14.0. The van der Waals surface area contributed by atoms with Crippen LogP contribution in [0.25, 0.3) is 0 Å². The van der Waals surface area contributed by atoms with Crippen LogP contribution in [0, 0.1) is 5.82 Å². The van der Waals surface area contributed by atoms with E-state index in [-0.39, 0.29) is 27.1 Å². The Morgan fingerprint density at radius 3 is 2.53 bits per heavy atom. The number of anilines is 2. The number of halogens is 3. The molecule has 19 heavy (non-hydrogen) atoms. The van der Waals surface area contributed by atoms with E-state index in [0.29, 0.717) is 0 Å². The fourth-order valence-electron chi connectivity index (χ4n) is 1.46. The second-order valence-electron chi connectivity index (χ2n) is 3.57. The first-order chi connectivity index (χ1) is 8.99. The third-order valence-corrected chi connectivity index (χ3v) is 2.88. The second kappa shape index (κ2) is 5.42. The number of benzene rings is 1. The van der Waals surface area contributed by atoms with Crippen molar-refractivity contribution in [3.05, 3.63) is 51.9 Å². The van der Waals surface area contributed by atoms with Gasteiger partial charge in [-0.1, -0.05) is 23.2 Å². The summed E-state index contributed by atoms with van der Waals surface area (Å²) in [5.74, 6) is -1.66. The number of carboxylic acid groups (broad SMARTS) is 1. The van der Waals surface area contributed by atoms with Crippen molar-refractivity contribution in [2.75, 3.05) is 5.32 Å². The van der Waals surface area contributed by atoms with E-state index in [2.05, 4.69) is 10.3 Å². The van der Waals surface area contributed by atoms with E-state index in [1.54, 1.807) is 0 Å². The smallest absolute Gasteiger partial charge is 0.339 e. The molecule has 0 aliphatic heterocycles. The molecule has 0 aliphatic rings. The third-order valence-electron chi connectivity index (χ3n) is 2.29. The molecule has 2 N–H and O–H groups in total. The standard InChI is InChI=1S/C12H7Cl2FN2O2/c13-8-4-6(15)5-9(14)10(8)17-11-7(12(18)19)2-1-3-16-11/h1-5H,(H,16,17)(H,18,19). The highest BCUT2D eigenvalue weighted by Crippen LogP contribution is 2.33. The monoisotopic (exact) mass is 300 g/mol. The fourth-order valence-corrected chi connectivity index (χ4v) is 2.01. The van der Waals surface area contributed by atoms with Crippen molar-refractivity contribution in [1.82, 2.24) is 4.98 Å². The Kier molecular flexibility index (Phi) is 3.87.